The summed E-state index contributed by atoms with van der Waals surface area (Å²) in [5, 5.41) is 8.55. The second kappa shape index (κ2) is 5.94. The van der Waals surface area contributed by atoms with Crippen molar-refractivity contribution in [2.75, 3.05) is 26.8 Å². The van der Waals surface area contributed by atoms with Crippen LogP contribution in [-0.2, 0) is 26.6 Å². The predicted octanol–water partition coefficient (Wildman–Crippen LogP) is -0.858. The highest BCUT2D eigenvalue weighted by Gasteiger charge is 2.28. The molecule has 0 saturated carbocycles. The summed E-state index contributed by atoms with van der Waals surface area (Å²) >= 11 is 0. The first-order valence-corrected chi connectivity index (χ1v) is 6.50. The van der Waals surface area contributed by atoms with Crippen LogP contribution in [0.3, 0.4) is 0 Å². The zero-order valence-electron chi connectivity index (χ0n) is 10.1. The van der Waals surface area contributed by atoms with Crippen LogP contribution in [0.2, 0.25) is 0 Å². The average molecular weight is 277 g/mol. The number of ether oxygens (including phenoxy) is 1. The average Bonchev–Trinajstić information content (AvgIpc) is 2.71. The standard InChI is InChI=1S/C9H15N3O5S/c1-11-5-8(10-7-11)18(15,16)12(3-4-17-2)6-9(13)14/h5,7H,3-4,6H2,1-2H3,(H,13,14). The number of aryl methyl sites for hydroxylation is 1. The maximum atomic E-state index is 12.1. The molecule has 1 aromatic rings. The van der Waals surface area contributed by atoms with E-state index in [0.29, 0.717) is 0 Å². The van der Waals surface area contributed by atoms with Gasteiger partial charge in [0, 0.05) is 26.9 Å². The number of carbonyl (C=O) groups is 1. The zero-order chi connectivity index (χ0) is 13.8. The van der Waals surface area contributed by atoms with Crippen molar-refractivity contribution in [3.63, 3.8) is 0 Å². The van der Waals surface area contributed by atoms with Crippen LogP contribution in [0.5, 0.6) is 0 Å². The highest BCUT2D eigenvalue weighted by atomic mass is 32.2. The molecule has 0 bridgehead atoms. The van der Waals surface area contributed by atoms with Crippen molar-refractivity contribution in [3.05, 3.63) is 12.5 Å². The minimum absolute atomic E-state index is 0.0400. The van der Waals surface area contributed by atoms with Gasteiger partial charge < -0.3 is 14.4 Å². The van der Waals surface area contributed by atoms with E-state index < -0.39 is 22.5 Å². The zero-order valence-corrected chi connectivity index (χ0v) is 10.9. The molecule has 102 valence electrons. The van der Waals surface area contributed by atoms with Crippen LogP contribution in [-0.4, -0.2) is 60.2 Å². The van der Waals surface area contributed by atoms with E-state index in [1.807, 2.05) is 0 Å². The lowest BCUT2D eigenvalue weighted by Crippen LogP contribution is -2.38. The monoisotopic (exact) mass is 277 g/mol. The molecule has 1 N–H and O–H groups in total. The summed E-state index contributed by atoms with van der Waals surface area (Å²) in [5.74, 6) is -1.23. The molecule has 0 aromatic carbocycles. The molecule has 0 amide bonds. The minimum atomic E-state index is -3.91. The molecular weight excluding hydrogens is 262 g/mol. The second-order valence-electron chi connectivity index (χ2n) is 3.60. The first-order valence-electron chi connectivity index (χ1n) is 5.06. The molecule has 18 heavy (non-hydrogen) atoms. The number of carboxylic acids is 1. The molecule has 0 atom stereocenters. The molecule has 1 rings (SSSR count). The van der Waals surface area contributed by atoms with Crippen LogP contribution in [0.4, 0.5) is 0 Å². The lowest BCUT2D eigenvalue weighted by Gasteiger charge is -2.18. The molecule has 0 saturated heterocycles. The summed E-state index contributed by atoms with van der Waals surface area (Å²) in [7, 11) is -0.870. The lowest BCUT2D eigenvalue weighted by molar-refractivity contribution is -0.137. The van der Waals surface area contributed by atoms with Gasteiger partial charge in [0.2, 0.25) is 0 Å². The Labute approximate surface area is 105 Å². The summed E-state index contributed by atoms with van der Waals surface area (Å²) < 4.78 is 31.3. The van der Waals surface area contributed by atoms with Crippen LogP contribution in [0.15, 0.2) is 17.6 Å². The van der Waals surface area contributed by atoms with E-state index in [9.17, 15) is 13.2 Å². The fraction of sp³-hybridized carbons (Fsp3) is 0.556. The topological polar surface area (TPSA) is 102 Å². The molecule has 0 aliphatic rings. The molecule has 8 nitrogen and oxygen atoms in total. The number of hydrogen-bond donors (Lipinski definition) is 1. The van der Waals surface area contributed by atoms with E-state index in [4.69, 9.17) is 9.84 Å². The third kappa shape index (κ3) is 3.52. The Morgan fingerprint density at radius 1 is 1.61 bits per heavy atom. The smallest absolute Gasteiger partial charge is 0.318 e. The van der Waals surface area contributed by atoms with Gasteiger partial charge in [-0.15, -0.1) is 0 Å². The predicted molar refractivity (Wildman–Crippen MR) is 61.5 cm³/mol. The summed E-state index contributed by atoms with van der Waals surface area (Å²) in [5.41, 5.74) is 0. The molecule has 0 aliphatic carbocycles. The highest BCUT2D eigenvalue weighted by molar-refractivity contribution is 7.89. The fourth-order valence-electron chi connectivity index (χ4n) is 1.28. The van der Waals surface area contributed by atoms with E-state index >= 15 is 0 Å². The van der Waals surface area contributed by atoms with Crippen molar-refractivity contribution in [2.45, 2.75) is 5.03 Å². The lowest BCUT2D eigenvalue weighted by atomic mass is 10.6. The first kappa shape index (κ1) is 14.6. The Morgan fingerprint density at radius 3 is 2.72 bits per heavy atom. The van der Waals surface area contributed by atoms with E-state index in [1.54, 1.807) is 7.05 Å². The summed E-state index contributed by atoms with van der Waals surface area (Å²) in [6.45, 7) is -0.552. The van der Waals surface area contributed by atoms with Gasteiger partial charge in [0.05, 0.1) is 12.9 Å². The number of aliphatic carboxylic acids is 1. The molecule has 9 heteroatoms. The molecule has 1 heterocycles. The van der Waals surface area contributed by atoms with E-state index in [2.05, 4.69) is 4.98 Å². The summed E-state index contributed by atoms with van der Waals surface area (Å²) in [6, 6.07) is 0. The Kier molecular flexibility index (Phi) is 4.82. The van der Waals surface area contributed by atoms with Crippen molar-refractivity contribution in [1.82, 2.24) is 13.9 Å². The Morgan fingerprint density at radius 2 is 2.28 bits per heavy atom. The number of rotatable bonds is 7. The van der Waals surface area contributed by atoms with Crippen molar-refractivity contribution < 1.29 is 23.1 Å². The van der Waals surface area contributed by atoms with Gasteiger partial charge >= 0.3 is 5.97 Å². The van der Waals surface area contributed by atoms with Crippen LogP contribution in [0.25, 0.3) is 0 Å². The number of carboxylic acid groups (broad SMARTS) is 1. The molecule has 0 fully saturated rings. The molecule has 0 spiro atoms. The van der Waals surface area contributed by atoms with Crippen molar-refractivity contribution in [1.29, 1.82) is 0 Å². The van der Waals surface area contributed by atoms with E-state index in [-0.39, 0.29) is 18.2 Å². The third-order valence-electron chi connectivity index (χ3n) is 2.14. The Bertz CT molecular complexity index is 510. The molecule has 1 aromatic heterocycles. The van der Waals surface area contributed by atoms with E-state index in [1.165, 1.54) is 24.2 Å². The largest absolute Gasteiger partial charge is 0.480 e. The number of nitrogens with zero attached hydrogens (tertiary/aromatic N) is 3. The maximum absolute atomic E-state index is 12.1. The maximum Gasteiger partial charge on any atom is 0.318 e. The SMILES string of the molecule is COCCN(CC(=O)O)S(=O)(=O)c1cn(C)cn1. The van der Waals surface area contributed by atoms with E-state index in [0.717, 1.165) is 4.31 Å². The van der Waals surface area contributed by atoms with Crippen LogP contribution in [0, 0.1) is 0 Å². The first-order chi connectivity index (χ1) is 8.37. The van der Waals surface area contributed by atoms with Gasteiger partial charge in [0.1, 0.15) is 6.54 Å². The van der Waals surface area contributed by atoms with Gasteiger partial charge in [-0.3, -0.25) is 4.79 Å². The number of sulfonamides is 1. The highest BCUT2D eigenvalue weighted by Crippen LogP contribution is 2.12. The third-order valence-corrected chi connectivity index (χ3v) is 3.87. The van der Waals surface area contributed by atoms with Gasteiger partial charge in [0.25, 0.3) is 10.0 Å². The number of methoxy groups -OCH3 is 1. The quantitative estimate of drug-likeness (QED) is 0.696. The van der Waals surface area contributed by atoms with Crippen LogP contribution >= 0.6 is 0 Å². The van der Waals surface area contributed by atoms with Gasteiger partial charge in [-0.05, 0) is 0 Å². The Balaban J connectivity index is 2.98. The Hall–Kier alpha value is -1.45. The second-order valence-corrected chi connectivity index (χ2v) is 5.49. The number of hydrogen-bond acceptors (Lipinski definition) is 5. The molecule has 0 radical (unpaired) electrons. The van der Waals surface area contributed by atoms with Crippen molar-refractivity contribution in [2.24, 2.45) is 7.05 Å². The van der Waals surface area contributed by atoms with Crippen LogP contribution in [0.1, 0.15) is 0 Å². The van der Waals surface area contributed by atoms with Crippen molar-refractivity contribution in [3.8, 4) is 0 Å². The fourth-order valence-corrected chi connectivity index (χ4v) is 2.62. The molecular formula is C9H15N3O5S. The molecule has 0 unspecified atom stereocenters. The minimum Gasteiger partial charge on any atom is -0.480 e. The number of aromatic nitrogens is 2. The van der Waals surface area contributed by atoms with Crippen LogP contribution < -0.4 is 0 Å². The summed E-state index contributed by atoms with van der Waals surface area (Å²) in [4.78, 5) is 14.4. The van der Waals surface area contributed by atoms with Gasteiger partial charge in [-0.1, -0.05) is 0 Å². The number of imidazole rings is 1. The van der Waals surface area contributed by atoms with Gasteiger partial charge in [0.15, 0.2) is 5.03 Å². The van der Waals surface area contributed by atoms with Gasteiger partial charge in [-0.25, -0.2) is 13.4 Å². The van der Waals surface area contributed by atoms with Gasteiger partial charge in [-0.2, -0.15) is 4.31 Å². The van der Waals surface area contributed by atoms with Crippen molar-refractivity contribution >= 4 is 16.0 Å². The molecule has 0 aliphatic heterocycles. The summed E-state index contributed by atoms with van der Waals surface area (Å²) in [6.07, 6.45) is 2.65. The normalized spacial score (nSPS) is 11.9.